The minimum Gasteiger partial charge on any atom is -0.387 e. The van der Waals surface area contributed by atoms with Crippen LogP contribution in [0.4, 0.5) is 0 Å². The SMILES string of the molecule is CC(C)(C)COCCOCC1(O)CC1. The predicted octanol–water partition coefficient (Wildman–Crippen LogP) is 1.59. The highest BCUT2D eigenvalue weighted by Crippen LogP contribution is 2.34. The van der Waals surface area contributed by atoms with Crippen LogP contribution in [0.3, 0.4) is 0 Å². The highest BCUT2D eigenvalue weighted by molar-refractivity contribution is 4.92. The van der Waals surface area contributed by atoms with E-state index < -0.39 is 5.60 Å². The van der Waals surface area contributed by atoms with E-state index in [4.69, 9.17) is 9.47 Å². The van der Waals surface area contributed by atoms with Gasteiger partial charge in [0.1, 0.15) is 0 Å². The highest BCUT2D eigenvalue weighted by Gasteiger charge is 2.40. The number of aliphatic hydroxyl groups is 1. The van der Waals surface area contributed by atoms with Crippen LogP contribution in [0.1, 0.15) is 33.6 Å². The molecule has 1 rings (SSSR count). The Hall–Kier alpha value is -0.120. The summed E-state index contributed by atoms with van der Waals surface area (Å²) in [6.45, 7) is 8.83. The van der Waals surface area contributed by atoms with Gasteiger partial charge in [0.05, 0.1) is 32.0 Å². The lowest BCUT2D eigenvalue weighted by molar-refractivity contribution is -0.0177. The van der Waals surface area contributed by atoms with Crippen molar-refractivity contribution in [2.45, 2.75) is 39.2 Å². The molecule has 0 aromatic rings. The quantitative estimate of drug-likeness (QED) is 0.665. The van der Waals surface area contributed by atoms with E-state index in [9.17, 15) is 5.11 Å². The minimum absolute atomic E-state index is 0.217. The summed E-state index contributed by atoms with van der Waals surface area (Å²) < 4.78 is 10.7. The first-order valence-corrected chi connectivity index (χ1v) is 5.29. The molecule has 1 N–H and O–H groups in total. The largest absolute Gasteiger partial charge is 0.387 e. The smallest absolute Gasteiger partial charge is 0.0882 e. The second-order valence-corrected chi connectivity index (χ2v) is 5.39. The molecule has 84 valence electrons. The molecular weight excluding hydrogens is 180 g/mol. The summed E-state index contributed by atoms with van der Waals surface area (Å²) >= 11 is 0. The van der Waals surface area contributed by atoms with E-state index in [0.717, 1.165) is 19.4 Å². The summed E-state index contributed by atoms with van der Waals surface area (Å²) in [4.78, 5) is 0. The van der Waals surface area contributed by atoms with E-state index in [2.05, 4.69) is 20.8 Å². The van der Waals surface area contributed by atoms with Crippen molar-refractivity contribution in [3.8, 4) is 0 Å². The Morgan fingerprint density at radius 2 is 1.71 bits per heavy atom. The summed E-state index contributed by atoms with van der Waals surface area (Å²) in [5.74, 6) is 0. The summed E-state index contributed by atoms with van der Waals surface area (Å²) in [6.07, 6.45) is 1.77. The van der Waals surface area contributed by atoms with Crippen LogP contribution in [0, 0.1) is 5.41 Å². The van der Waals surface area contributed by atoms with Crippen molar-refractivity contribution in [2.75, 3.05) is 26.4 Å². The molecule has 1 aliphatic carbocycles. The average Bonchev–Trinajstić information content (AvgIpc) is 2.75. The standard InChI is InChI=1S/C11H22O3/c1-10(2,3)8-13-6-7-14-9-11(12)4-5-11/h12H,4-9H2,1-3H3. The van der Waals surface area contributed by atoms with Crippen molar-refractivity contribution < 1.29 is 14.6 Å². The van der Waals surface area contributed by atoms with Crippen molar-refractivity contribution in [1.29, 1.82) is 0 Å². The Morgan fingerprint density at radius 3 is 2.21 bits per heavy atom. The van der Waals surface area contributed by atoms with Crippen LogP contribution in [0.25, 0.3) is 0 Å². The molecule has 3 nitrogen and oxygen atoms in total. The first kappa shape index (κ1) is 12.0. The maximum atomic E-state index is 9.45. The van der Waals surface area contributed by atoms with Gasteiger partial charge in [-0.15, -0.1) is 0 Å². The molecule has 0 spiro atoms. The molecule has 14 heavy (non-hydrogen) atoms. The molecule has 0 saturated heterocycles. The molecule has 0 aliphatic heterocycles. The summed E-state index contributed by atoms with van der Waals surface area (Å²) in [7, 11) is 0. The summed E-state index contributed by atoms with van der Waals surface area (Å²) in [6, 6.07) is 0. The fourth-order valence-corrected chi connectivity index (χ4v) is 1.05. The zero-order valence-electron chi connectivity index (χ0n) is 9.51. The maximum absolute atomic E-state index is 9.45. The molecule has 0 aromatic heterocycles. The Kier molecular flexibility index (Phi) is 3.93. The van der Waals surface area contributed by atoms with Gasteiger partial charge >= 0.3 is 0 Å². The van der Waals surface area contributed by atoms with E-state index in [0.29, 0.717) is 19.8 Å². The molecule has 0 bridgehead atoms. The van der Waals surface area contributed by atoms with Crippen LogP contribution in [0.2, 0.25) is 0 Å². The van der Waals surface area contributed by atoms with Gasteiger partial charge < -0.3 is 14.6 Å². The van der Waals surface area contributed by atoms with E-state index in [1.54, 1.807) is 0 Å². The van der Waals surface area contributed by atoms with Crippen LogP contribution in [0.5, 0.6) is 0 Å². The van der Waals surface area contributed by atoms with Gasteiger partial charge in [-0.25, -0.2) is 0 Å². The minimum atomic E-state index is -0.496. The normalized spacial score (nSPS) is 19.7. The third-order valence-electron chi connectivity index (χ3n) is 2.10. The summed E-state index contributed by atoms with van der Waals surface area (Å²) in [5, 5.41) is 9.45. The molecular formula is C11H22O3. The number of ether oxygens (including phenoxy) is 2. The topological polar surface area (TPSA) is 38.7 Å². The van der Waals surface area contributed by atoms with Crippen molar-refractivity contribution in [3.63, 3.8) is 0 Å². The molecule has 0 amide bonds. The van der Waals surface area contributed by atoms with E-state index in [1.807, 2.05) is 0 Å². The van der Waals surface area contributed by atoms with E-state index in [-0.39, 0.29) is 5.41 Å². The van der Waals surface area contributed by atoms with Crippen LogP contribution < -0.4 is 0 Å². The van der Waals surface area contributed by atoms with Crippen LogP contribution in [-0.4, -0.2) is 37.1 Å². The third-order valence-corrected chi connectivity index (χ3v) is 2.10. The van der Waals surface area contributed by atoms with Gasteiger partial charge in [-0.1, -0.05) is 20.8 Å². The molecule has 0 unspecified atom stereocenters. The molecule has 0 aromatic carbocycles. The Bertz CT molecular complexity index is 159. The van der Waals surface area contributed by atoms with Crippen molar-refractivity contribution in [3.05, 3.63) is 0 Å². The van der Waals surface area contributed by atoms with Crippen molar-refractivity contribution in [2.24, 2.45) is 5.41 Å². The van der Waals surface area contributed by atoms with Crippen LogP contribution in [-0.2, 0) is 9.47 Å². The van der Waals surface area contributed by atoms with Gasteiger partial charge in [0.15, 0.2) is 0 Å². The Balaban J connectivity index is 1.85. The molecule has 0 heterocycles. The molecule has 1 fully saturated rings. The predicted molar refractivity (Wildman–Crippen MR) is 55.3 cm³/mol. The average molecular weight is 202 g/mol. The molecule has 1 aliphatic rings. The van der Waals surface area contributed by atoms with Crippen molar-refractivity contribution >= 4 is 0 Å². The van der Waals surface area contributed by atoms with Gasteiger partial charge in [0.25, 0.3) is 0 Å². The fourth-order valence-electron chi connectivity index (χ4n) is 1.05. The molecule has 1 saturated carbocycles. The number of rotatable bonds is 6. The highest BCUT2D eigenvalue weighted by atomic mass is 16.5. The van der Waals surface area contributed by atoms with Crippen LogP contribution >= 0.6 is 0 Å². The first-order chi connectivity index (χ1) is 6.41. The third kappa shape index (κ3) is 5.58. The lowest BCUT2D eigenvalue weighted by atomic mass is 9.99. The lowest BCUT2D eigenvalue weighted by Crippen LogP contribution is -2.20. The van der Waals surface area contributed by atoms with E-state index in [1.165, 1.54) is 0 Å². The van der Waals surface area contributed by atoms with Gasteiger partial charge in [0, 0.05) is 0 Å². The zero-order chi connectivity index (χ0) is 10.7. The monoisotopic (exact) mass is 202 g/mol. The first-order valence-electron chi connectivity index (χ1n) is 5.29. The fraction of sp³-hybridized carbons (Fsp3) is 1.00. The second kappa shape index (κ2) is 4.60. The van der Waals surface area contributed by atoms with Crippen LogP contribution in [0.15, 0.2) is 0 Å². The second-order valence-electron chi connectivity index (χ2n) is 5.39. The van der Waals surface area contributed by atoms with Gasteiger partial charge in [0.2, 0.25) is 0 Å². The van der Waals surface area contributed by atoms with Crippen molar-refractivity contribution in [1.82, 2.24) is 0 Å². The van der Waals surface area contributed by atoms with Gasteiger partial charge in [-0.2, -0.15) is 0 Å². The lowest BCUT2D eigenvalue weighted by Gasteiger charge is -2.18. The molecule has 3 heteroatoms. The number of hydrogen-bond donors (Lipinski definition) is 1. The van der Waals surface area contributed by atoms with Gasteiger partial charge in [-0.3, -0.25) is 0 Å². The molecule has 0 radical (unpaired) electrons. The molecule has 0 atom stereocenters. The maximum Gasteiger partial charge on any atom is 0.0882 e. The Labute approximate surface area is 86.4 Å². The zero-order valence-corrected chi connectivity index (χ0v) is 9.51. The Morgan fingerprint density at radius 1 is 1.14 bits per heavy atom. The summed E-state index contributed by atoms with van der Waals surface area (Å²) in [5.41, 5.74) is -0.279. The van der Waals surface area contributed by atoms with Gasteiger partial charge in [-0.05, 0) is 18.3 Å². The van der Waals surface area contributed by atoms with E-state index >= 15 is 0 Å². The number of hydrogen-bond acceptors (Lipinski definition) is 3.